The molecule has 0 bridgehead atoms. The van der Waals surface area contributed by atoms with Crippen molar-refractivity contribution in [2.24, 2.45) is 5.41 Å². The van der Waals surface area contributed by atoms with Gasteiger partial charge in [-0.3, -0.25) is 4.90 Å². The Hall–Kier alpha value is -2.14. The lowest BCUT2D eigenvalue weighted by molar-refractivity contribution is -0.213. The number of hydrogen-bond donors (Lipinski definition) is 0. The summed E-state index contributed by atoms with van der Waals surface area (Å²) in [5.74, 6) is -0.281. The number of nitrogens with zero attached hydrogens (tertiary/aromatic N) is 1. The van der Waals surface area contributed by atoms with Gasteiger partial charge in [-0.2, -0.15) is 26.3 Å². The minimum Gasteiger partial charge on any atom is -0.372 e. The van der Waals surface area contributed by atoms with Crippen LogP contribution in [0.2, 0.25) is 0 Å². The highest BCUT2D eigenvalue weighted by Crippen LogP contribution is 2.54. The van der Waals surface area contributed by atoms with E-state index in [4.69, 9.17) is 14.2 Å². The van der Waals surface area contributed by atoms with Gasteiger partial charge in [0.2, 0.25) is 0 Å². The Balaban J connectivity index is 1.40. The fourth-order valence-electron chi connectivity index (χ4n) is 7.41. The molecule has 3 heterocycles. The molecule has 0 radical (unpaired) electrons. The Kier molecular flexibility index (Phi) is 8.50. The molecule has 2 aromatic rings. The molecule has 42 heavy (non-hydrogen) atoms. The third kappa shape index (κ3) is 6.23. The maximum Gasteiger partial charge on any atom is 0.416 e. The molecule has 0 amide bonds. The molecule has 0 aliphatic carbocycles. The van der Waals surface area contributed by atoms with Crippen LogP contribution in [-0.2, 0) is 26.6 Å². The molecule has 3 aliphatic heterocycles. The van der Waals surface area contributed by atoms with E-state index in [2.05, 4.69) is 25.7 Å². The zero-order valence-corrected chi connectivity index (χ0v) is 24.4. The maximum atomic E-state index is 13.5. The fourth-order valence-corrected chi connectivity index (χ4v) is 7.41. The van der Waals surface area contributed by atoms with Crippen LogP contribution in [0.4, 0.5) is 26.3 Å². The standard InChI is InChI=1S/C32H39F6NO3/c1-20-19-30(29(3,4)42-20)11-13-39(14-12-30)26-10-15-40-28(27(26)22-8-6-5-7-9-22)41-21(2)23-16-24(31(33,34)35)18-25(17-23)32(36,37)38/h5-9,16-18,20-21,26-28H,10-15,19H2,1-4H3/t20?,21-,26-,27-,28-/m1/s1. The van der Waals surface area contributed by atoms with Crippen LogP contribution in [0.1, 0.15) is 87.7 Å². The van der Waals surface area contributed by atoms with Crippen molar-refractivity contribution in [3.63, 3.8) is 0 Å². The second-order valence-corrected chi connectivity index (χ2v) is 12.6. The van der Waals surface area contributed by atoms with Crippen LogP contribution in [-0.4, -0.2) is 48.6 Å². The van der Waals surface area contributed by atoms with Crippen molar-refractivity contribution in [2.75, 3.05) is 19.7 Å². The summed E-state index contributed by atoms with van der Waals surface area (Å²) in [5, 5.41) is 0. The van der Waals surface area contributed by atoms with Gasteiger partial charge in [-0.25, -0.2) is 0 Å². The molecule has 4 nitrogen and oxygen atoms in total. The number of hydrogen-bond acceptors (Lipinski definition) is 4. The number of ether oxygens (including phenoxy) is 3. The van der Waals surface area contributed by atoms with E-state index in [9.17, 15) is 26.3 Å². The van der Waals surface area contributed by atoms with Crippen LogP contribution >= 0.6 is 0 Å². The van der Waals surface area contributed by atoms with Crippen molar-refractivity contribution < 1.29 is 40.6 Å². The van der Waals surface area contributed by atoms with Crippen molar-refractivity contribution >= 4 is 0 Å². The van der Waals surface area contributed by atoms with E-state index in [1.54, 1.807) is 0 Å². The predicted octanol–water partition coefficient (Wildman–Crippen LogP) is 8.37. The minimum atomic E-state index is -4.93. The van der Waals surface area contributed by atoms with Gasteiger partial charge >= 0.3 is 12.4 Å². The lowest BCUT2D eigenvalue weighted by Gasteiger charge is -2.51. The average molecular weight is 600 g/mol. The molecule has 10 heteroatoms. The number of benzene rings is 2. The van der Waals surface area contributed by atoms with Gasteiger partial charge in [0.15, 0.2) is 6.29 Å². The molecule has 0 aromatic heterocycles. The molecule has 1 unspecified atom stereocenters. The summed E-state index contributed by atoms with van der Waals surface area (Å²) in [6.45, 7) is 10.0. The molecular formula is C32H39F6NO3. The summed E-state index contributed by atoms with van der Waals surface area (Å²) >= 11 is 0. The van der Waals surface area contributed by atoms with Crippen molar-refractivity contribution in [3.8, 4) is 0 Å². The summed E-state index contributed by atoms with van der Waals surface area (Å²) < 4.78 is 99.8. The predicted molar refractivity (Wildman–Crippen MR) is 146 cm³/mol. The van der Waals surface area contributed by atoms with Gasteiger partial charge in [0.1, 0.15) is 0 Å². The van der Waals surface area contributed by atoms with Crippen molar-refractivity contribution in [1.82, 2.24) is 4.90 Å². The molecule has 0 N–H and O–H groups in total. The van der Waals surface area contributed by atoms with Crippen molar-refractivity contribution in [1.29, 1.82) is 0 Å². The molecule has 0 saturated carbocycles. The SMILES string of the molecule is CC1CC2(CCN([C@@H]3CCO[C@H](O[C@H](C)c4cc(C(F)(F)F)cc(C(F)(F)F)c4)[C@@H]3c3ccccc3)CC2)C(C)(C)O1. The minimum absolute atomic E-state index is 0.0332. The van der Waals surface area contributed by atoms with Gasteiger partial charge in [-0.15, -0.1) is 0 Å². The number of likely N-dealkylation sites (tertiary alicyclic amines) is 1. The van der Waals surface area contributed by atoms with Crippen molar-refractivity contribution in [2.45, 2.75) is 102 Å². The summed E-state index contributed by atoms with van der Waals surface area (Å²) in [6.07, 6.45) is -7.87. The highest BCUT2D eigenvalue weighted by Gasteiger charge is 2.54. The van der Waals surface area contributed by atoms with E-state index >= 15 is 0 Å². The summed E-state index contributed by atoms with van der Waals surface area (Å²) in [7, 11) is 0. The monoisotopic (exact) mass is 599 g/mol. The molecule has 1 spiro atoms. The average Bonchev–Trinajstić information content (AvgIpc) is 3.14. The van der Waals surface area contributed by atoms with E-state index < -0.39 is 35.9 Å². The number of piperidine rings is 1. The highest BCUT2D eigenvalue weighted by atomic mass is 19.4. The van der Waals surface area contributed by atoms with Crippen LogP contribution in [0.3, 0.4) is 0 Å². The molecule has 5 atom stereocenters. The van der Waals surface area contributed by atoms with E-state index in [1.165, 1.54) is 6.92 Å². The Morgan fingerprint density at radius 1 is 0.929 bits per heavy atom. The third-order valence-corrected chi connectivity index (χ3v) is 9.68. The van der Waals surface area contributed by atoms with Gasteiger partial charge < -0.3 is 14.2 Å². The topological polar surface area (TPSA) is 30.9 Å². The highest BCUT2D eigenvalue weighted by molar-refractivity contribution is 5.35. The molecule has 3 saturated heterocycles. The van der Waals surface area contributed by atoms with E-state index in [0.717, 1.165) is 56.5 Å². The number of halogens is 6. The Morgan fingerprint density at radius 3 is 2.05 bits per heavy atom. The zero-order chi connectivity index (χ0) is 30.5. The van der Waals surface area contributed by atoms with Gasteiger partial charge in [-0.05, 0) is 95.8 Å². The summed E-state index contributed by atoms with van der Waals surface area (Å²) in [4.78, 5) is 2.46. The molecule has 232 valence electrons. The molecule has 2 aromatic carbocycles. The first kappa shape index (κ1) is 31.3. The van der Waals surface area contributed by atoms with E-state index in [-0.39, 0.29) is 40.7 Å². The van der Waals surface area contributed by atoms with E-state index in [1.807, 2.05) is 30.3 Å². The second-order valence-electron chi connectivity index (χ2n) is 12.6. The van der Waals surface area contributed by atoms with E-state index in [0.29, 0.717) is 6.61 Å². The van der Waals surface area contributed by atoms with Crippen LogP contribution in [0.25, 0.3) is 0 Å². The molecule has 3 fully saturated rings. The quantitative estimate of drug-likeness (QED) is 0.323. The largest absolute Gasteiger partial charge is 0.416 e. The zero-order valence-electron chi connectivity index (χ0n) is 24.4. The fraction of sp³-hybridized carbons (Fsp3) is 0.625. The lowest BCUT2D eigenvalue weighted by Crippen LogP contribution is -2.55. The van der Waals surface area contributed by atoms with Crippen molar-refractivity contribution in [3.05, 3.63) is 70.8 Å². The smallest absolute Gasteiger partial charge is 0.372 e. The number of rotatable bonds is 5. The van der Waals surface area contributed by atoms with Crippen LogP contribution in [0, 0.1) is 5.41 Å². The Morgan fingerprint density at radius 2 is 1.52 bits per heavy atom. The van der Waals surface area contributed by atoms with Gasteiger partial charge in [0, 0.05) is 11.5 Å². The van der Waals surface area contributed by atoms with Crippen LogP contribution < -0.4 is 0 Å². The maximum absolute atomic E-state index is 13.5. The van der Waals surface area contributed by atoms with Crippen LogP contribution in [0.15, 0.2) is 48.5 Å². The molecule has 5 rings (SSSR count). The summed E-state index contributed by atoms with van der Waals surface area (Å²) in [5.41, 5.74) is -2.08. The van der Waals surface area contributed by atoms with Gasteiger partial charge in [-0.1, -0.05) is 30.3 Å². The second kappa shape index (κ2) is 11.4. The Labute approximate surface area is 243 Å². The first-order chi connectivity index (χ1) is 19.6. The first-order valence-corrected chi connectivity index (χ1v) is 14.6. The first-order valence-electron chi connectivity index (χ1n) is 14.6. The molecular weight excluding hydrogens is 560 g/mol. The van der Waals surface area contributed by atoms with Crippen LogP contribution in [0.5, 0.6) is 0 Å². The molecule has 3 aliphatic rings. The van der Waals surface area contributed by atoms with Gasteiger partial charge in [0.05, 0.1) is 41.5 Å². The lowest BCUT2D eigenvalue weighted by atomic mass is 9.66. The van der Waals surface area contributed by atoms with Gasteiger partial charge in [0.25, 0.3) is 0 Å². The third-order valence-electron chi connectivity index (χ3n) is 9.68. The normalized spacial score (nSPS) is 29.1. The summed E-state index contributed by atoms with van der Waals surface area (Å²) in [6, 6.07) is 11.3. The Bertz CT molecular complexity index is 1190. The number of alkyl halides is 6.